The molecule has 14 rings (SSSR count). The van der Waals surface area contributed by atoms with Crippen molar-refractivity contribution in [3.63, 3.8) is 0 Å². The summed E-state index contributed by atoms with van der Waals surface area (Å²) in [6.07, 6.45) is -0.181. The number of carbonyl (C=O) groups is 3. The molecule has 0 saturated heterocycles. The first-order valence-electron chi connectivity index (χ1n) is 34.1. The fourth-order valence-corrected chi connectivity index (χ4v) is 14.9. The summed E-state index contributed by atoms with van der Waals surface area (Å²) in [7, 11) is -10.3. The molecule has 0 atom stereocenters. The normalized spacial score (nSPS) is 13.2. The summed E-state index contributed by atoms with van der Waals surface area (Å²) in [5.74, 6) is -4.83. The van der Waals surface area contributed by atoms with Gasteiger partial charge in [0.05, 0.1) is 132 Å². The molecule has 0 spiro atoms. The van der Waals surface area contributed by atoms with Crippen LogP contribution in [0.1, 0.15) is 81.7 Å². The van der Waals surface area contributed by atoms with E-state index in [1.807, 2.05) is 0 Å². The van der Waals surface area contributed by atoms with E-state index in [-0.39, 0.29) is 125 Å². The number of hydrogen-bond donors (Lipinski definition) is 2. The second-order valence-corrected chi connectivity index (χ2v) is 31.9. The number of alkyl halides is 9. The van der Waals surface area contributed by atoms with E-state index in [2.05, 4.69) is 30.2 Å². The average molecular weight is 1740 g/mol. The van der Waals surface area contributed by atoms with Crippen LogP contribution in [-0.2, 0) is 75.1 Å². The molecule has 3 aromatic heterocycles. The first-order valence-corrected chi connectivity index (χ1v) is 38.9. The molecule has 0 bridgehead atoms. The number of halogens is 16. The topological polar surface area (TPSA) is 300 Å². The van der Waals surface area contributed by atoms with Crippen LogP contribution in [-0.4, -0.2) is 123 Å². The van der Waals surface area contributed by atoms with Crippen molar-refractivity contribution in [3.05, 3.63) is 277 Å². The van der Waals surface area contributed by atoms with Crippen LogP contribution in [0.25, 0.3) is 34.0 Å². The van der Waals surface area contributed by atoms with E-state index in [1.165, 1.54) is 67.5 Å². The zero-order valence-electron chi connectivity index (χ0n) is 61.4. The number of nitrogens with one attached hydrogen (secondary N) is 1. The van der Waals surface area contributed by atoms with Crippen molar-refractivity contribution in [3.8, 4) is 57.0 Å². The predicted octanol–water partition coefficient (Wildman–Crippen LogP) is 15.4. The minimum atomic E-state index is -5.57. The van der Waals surface area contributed by atoms with E-state index in [9.17, 15) is 105 Å². The summed E-state index contributed by atoms with van der Waals surface area (Å²) in [6, 6.07) is 33.4. The Morgan fingerprint density at radius 1 is 0.420 bits per heavy atom. The maximum absolute atomic E-state index is 14.7. The second kappa shape index (κ2) is 34.6. The third-order valence-corrected chi connectivity index (χ3v) is 22.9. The van der Waals surface area contributed by atoms with Gasteiger partial charge in [0.1, 0.15) is 68.6 Å². The fourth-order valence-electron chi connectivity index (χ4n) is 12.3. The number of sulfone groups is 3. The molecule has 0 saturated carbocycles. The smallest absolute Gasteiger partial charge is 0.497 e. The van der Waals surface area contributed by atoms with Crippen molar-refractivity contribution in [1.82, 2.24) is 40.0 Å². The average Bonchev–Trinajstić information content (AvgIpc) is 1.65. The lowest BCUT2D eigenvalue weighted by Gasteiger charge is -2.18. The van der Waals surface area contributed by atoms with Gasteiger partial charge in [0, 0.05) is 35.4 Å². The highest BCUT2D eigenvalue weighted by Gasteiger charge is 2.49. The number of aromatic nitrogens is 5. The third kappa shape index (κ3) is 18.5. The molecule has 3 amide bonds. The molecule has 0 aliphatic carbocycles. The quantitative estimate of drug-likeness (QED) is 0.0458. The Balaban J connectivity index is 0.000000164. The molecule has 6 heterocycles. The Morgan fingerprint density at radius 3 is 1.20 bits per heavy atom. The van der Waals surface area contributed by atoms with Gasteiger partial charge in [0.25, 0.3) is 47.2 Å². The number of hydrogen-bond acceptors (Lipinski definition) is 19. The van der Waals surface area contributed by atoms with Crippen LogP contribution in [0.15, 0.2) is 185 Å². The molecular weight excluding hydrogens is 1690 g/mol. The van der Waals surface area contributed by atoms with Gasteiger partial charge in [0.15, 0.2) is 11.6 Å². The molecule has 11 aromatic rings. The Labute approximate surface area is 670 Å². The summed E-state index contributed by atoms with van der Waals surface area (Å²) in [4.78, 5) is 60.1. The number of nitrogens with zero attached hydrogens (tertiary/aromatic N) is 7. The molecule has 622 valence electrons. The van der Waals surface area contributed by atoms with Crippen LogP contribution in [0.4, 0.5) is 71.5 Å². The lowest BCUT2D eigenvalue weighted by atomic mass is 9.97. The number of methoxy groups -OCH3 is 4. The number of nitrogen functional groups attached to an aromatic ring is 1. The van der Waals surface area contributed by atoms with E-state index in [0.717, 1.165) is 103 Å². The number of pyridine rings is 1. The monoisotopic (exact) mass is 1740 g/mol. The highest BCUT2D eigenvalue weighted by Crippen LogP contribution is 2.40. The van der Waals surface area contributed by atoms with Crippen molar-refractivity contribution in [2.45, 2.75) is 76.8 Å². The Morgan fingerprint density at radius 2 is 0.798 bits per heavy atom. The standard InChI is InChI=1S/C29H22F5N3O5S.C21H16ClF2N3O3.C21H13F5N2O3S.C7H6F3NO2S/c1-41-18-9-8-17(24(13-18)42-2)14-37-15-23-26(28(37)38)22(35-27(36-23)25-20(30)4-3-5-21(25)31)12-16-6-10-19(11-7-16)43(39,40)29(32,33)34;1-29-12-7-6-11(16(8-12)30-2)9-27-10-15-18(21(27)28)19(22)26-20(25-15)17-13(23)4-3-5-14(17)24;22-14-2-1-3-15(23)19(14)16-9-12(18-17(28-16)10-27-20(18)29)8-11-4-6-13(7-5-11)32(30,31)21(24,25)26;8-7(9,10)14(12,13)6-3-1-5(11)2-4-6/h3-11,13H,12,14-15H2,1-2H3;3-8H,9-10H2,1-2H3;1-7,9H,8,10H2,(H,27,29);1-4H,11H2. The van der Waals surface area contributed by atoms with Gasteiger partial charge in [-0.2, -0.15) is 39.5 Å². The molecule has 3 aliphatic rings. The van der Waals surface area contributed by atoms with Crippen molar-refractivity contribution < 1.29 is 124 Å². The summed E-state index contributed by atoms with van der Waals surface area (Å²) in [5.41, 5.74) is -8.43. The highest BCUT2D eigenvalue weighted by atomic mass is 35.5. The van der Waals surface area contributed by atoms with Crippen LogP contribution >= 0.6 is 11.6 Å². The SMILES string of the molecule is COc1ccc(CN2Cc3nc(-c4c(F)cccc4F)nc(Cc4ccc(S(=O)(=O)C(F)(F)F)cc4)c3C2=O)c(OC)c1.COc1ccc(CN2Cc3nc(-c4c(F)cccc4F)nc(Cl)c3C2=O)c(OC)c1.Nc1ccc(S(=O)(=O)C(F)(F)F)cc1.O=C1NCc2nc(-c3c(F)cccc3F)cc(Cc3ccc(S(=O)(=O)C(F)(F)F)cc3)c21. The highest BCUT2D eigenvalue weighted by molar-refractivity contribution is 7.92. The van der Waals surface area contributed by atoms with Crippen molar-refractivity contribution in [2.75, 3.05) is 34.2 Å². The van der Waals surface area contributed by atoms with Crippen LogP contribution in [0.2, 0.25) is 5.15 Å². The molecule has 3 aliphatic heterocycles. The maximum Gasteiger partial charge on any atom is 0.501 e. The fraction of sp³-hybridized carbons (Fsp3) is 0.179. The Hall–Kier alpha value is -12.4. The van der Waals surface area contributed by atoms with Crippen molar-refractivity contribution >= 4 is 64.5 Å². The van der Waals surface area contributed by atoms with E-state index in [1.54, 1.807) is 43.5 Å². The van der Waals surface area contributed by atoms with E-state index in [0.29, 0.717) is 50.9 Å². The van der Waals surface area contributed by atoms with Gasteiger partial charge < -0.3 is 39.8 Å². The third-order valence-electron chi connectivity index (χ3n) is 18.1. The zero-order chi connectivity index (χ0) is 86.8. The molecule has 0 radical (unpaired) electrons. The van der Waals surface area contributed by atoms with Gasteiger partial charge in [-0.05, 0) is 138 Å². The maximum atomic E-state index is 14.7. The molecule has 22 nitrogen and oxygen atoms in total. The van der Waals surface area contributed by atoms with E-state index in [4.69, 9.17) is 36.3 Å². The number of benzene rings is 8. The number of ether oxygens (including phenoxy) is 4. The number of rotatable bonds is 18. The minimum absolute atomic E-state index is 0.00626. The summed E-state index contributed by atoms with van der Waals surface area (Å²) < 4.78 is 289. The molecule has 8 aromatic carbocycles. The lowest BCUT2D eigenvalue weighted by Crippen LogP contribution is -2.24. The number of anilines is 1. The minimum Gasteiger partial charge on any atom is -0.497 e. The summed E-state index contributed by atoms with van der Waals surface area (Å²) in [5, 5.41) is 2.43. The van der Waals surface area contributed by atoms with Gasteiger partial charge in [-0.15, -0.1) is 0 Å². The van der Waals surface area contributed by atoms with Crippen LogP contribution < -0.4 is 30.0 Å². The first kappa shape index (κ1) is 87.4. The van der Waals surface area contributed by atoms with Crippen LogP contribution in [0, 0.1) is 34.9 Å². The first-order chi connectivity index (χ1) is 56.0. The Bertz CT molecular complexity index is 6100. The van der Waals surface area contributed by atoms with Crippen molar-refractivity contribution in [2.24, 2.45) is 0 Å². The lowest BCUT2D eigenvalue weighted by molar-refractivity contribution is -0.0442. The summed E-state index contributed by atoms with van der Waals surface area (Å²) >= 11 is 6.21. The number of fused-ring (bicyclic) bond motifs is 3. The number of carbonyl (C=O) groups excluding carboxylic acids is 3. The largest absolute Gasteiger partial charge is 0.501 e. The van der Waals surface area contributed by atoms with Gasteiger partial charge >= 0.3 is 16.5 Å². The molecule has 0 unspecified atom stereocenters. The molecule has 119 heavy (non-hydrogen) atoms. The molecular formula is C78H57ClF15N9O13S3. The predicted molar refractivity (Wildman–Crippen MR) is 396 cm³/mol. The van der Waals surface area contributed by atoms with E-state index >= 15 is 0 Å². The number of nitrogens with two attached hydrogens (primary N) is 1. The van der Waals surface area contributed by atoms with Gasteiger partial charge in [-0.1, -0.05) is 54.1 Å². The number of amides is 3. The zero-order valence-corrected chi connectivity index (χ0v) is 64.6. The van der Waals surface area contributed by atoms with Gasteiger partial charge in [-0.25, -0.2) is 76.5 Å². The Kier molecular flexibility index (Phi) is 25.4. The van der Waals surface area contributed by atoms with Crippen LogP contribution in [0.5, 0.6) is 23.0 Å². The van der Waals surface area contributed by atoms with Crippen LogP contribution in [0.3, 0.4) is 0 Å². The summed E-state index contributed by atoms with van der Waals surface area (Å²) in [6.45, 7) is 0.435. The van der Waals surface area contributed by atoms with Gasteiger partial charge in [-0.3, -0.25) is 14.4 Å². The van der Waals surface area contributed by atoms with Crippen molar-refractivity contribution in [1.29, 1.82) is 0 Å². The molecule has 3 N–H and O–H groups in total. The van der Waals surface area contributed by atoms with E-state index < -0.39 is 113 Å². The second-order valence-electron chi connectivity index (χ2n) is 25.7. The van der Waals surface area contributed by atoms with Gasteiger partial charge in [0.2, 0.25) is 0 Å². The molecule has 41 heteroatoms. The molecule has 0 fully saturated rings.